The molecule has 12 rings (SSSR count). The molecule has 0 atom stereocenters. The number of benzene rings is 10. The maximum absolute atomic E-state index is 5.32. The van der Waals surface area contributed by atoms with Crippen LogP contribution in [0.15, 0.2) is 194 Å². The van der Waals surface area contributed by atoms with E-state index in [9.17, 15) is 0 Å². The van der Waals surface area contributed by atoms with E-state index in [1.807, 2.05) is 6.07 Å². The van der Waals surface area contributed by atoms with Crippen molar-refractivity contribution in [2.24, 2.45) is 0 Å². The van der Waals surface area contributed by atoms with E-state index in [1.165, 1.54) is 87.2 Å². The molecule has 1 aliphatic carbocycles. The molecule has 0 radical (unpaired) electrons. The summed E-state index contributed by atoms with van der Waals surface area (Å²) in [6, 6.07) is 70.7. The van der Waals surface area contributed by atoms with Gasteiger partial charge in [-0.15, -0.1) is 0 Å². The molecular weight excluding hydrogens is 713 g/mol. The summed E-state index contributed by atoms with van der Waals surface area (Å²) >= 11 is 0. The fourth-order valence-corrected chi connectivity index (χ4v) is 9.96. The number of rotatable bonds is 4. The standard InChI is InChI=1S/C57H38N2/c1-57(2)50-26-14-25-46(55(50)49-31-38-17-6-7-18-39(38)32-51(49)57)53-34-52(58-56(59-53)37-15-4-3-5-16-37)36-29-27-35(28-30-36)47-33-48-42-21-9-8-19-40(42)41-20-10-12-23-44(41)54(48)45-24-13-11-22-43(45)47/h3-34H,1-2H3. The fourth-order valence-electron chi connectivity index (χ4n) is 9.96. The highest BCUT2D eigenvalue weighted by atomic mass is 14.9. The van der Waals surface area contributed by atoms with Gasteiger partial charge in [-0.25, -0.2) is 9.97 Å². The molecule has 0 fully saturated rings. The van der Waals surface area contributed by atoms with E-state index >= 15 is 0 Å². The summed E-state index contributed by atoms with van der Waals surface area (Å²) < 4.78 is 0. The van der Waals surface area contributed by atoms with Crippen LogP contribution >= 0.6 is 0 Å². The average Bonchev–Trinajstić information content (AvgIpc) is 3.52. The van der Waals surface area contributed by atoms with Crippen molar-refractivity contribution >= 4 is 53.9 Å². The third-order valence-corrected chi connectivity index (χ3v) is 12.8. The highest BCUT2D eigenvalue weighted by Crippen LogP contribution is 2.53. The monoisotopic (exact) mass is 750 g/mol. The smallest absolute Gasteiger partial charge is 0.160 e. The highest BCUT2D eigenvalue weighted by Gasteiger charge is 2.37. The molecule has 11 aromatic rings. The number of hydrogen-bond donors (Lipinski definition) is 0. The number of hydrogen-bond acceptors (Lipinski definition) is 2. The Hall–Kier alpha value is -7.42. The van der Waals surface area contributed by atoms with Crippen molar-refractivity contribution in [1.29, 1.82) is 0 Å². The molecule has 1 aromatic heterocycles. The summed E-state index contributed by atoms with van der Waals surface area (Å²) in [5.74, 6) is 0.718. The molecule has 10 aromatic carbocycles. The largest absolute Gasteiger partial charge is 0.228 e. The Bertz CT molecular complexity index is 3510. The van der Waals surface area contributed by atoms with Crippen molar-refractivity contribution in [3.63, 3.8) is 0 Å². The topological polar surface area (TPSA) is 25.8 Å². The quantitative estimate of drug-likeness (QED) is 0.167. The summed E-state index contributed by atoms with van der Waals surface area (Å²) in [6.07, 6.45) is 0. The molecule has 0 spiro atoms. The van der Waals surface area contributed by atoms with Crippen LogP contribution in [-0.2, 0) is 5.41 Å². The maximum Gasteiger partial charge on any atom is 0.160 e. The Morgan fingerprint density at radius 3 is 1.63 bits per heavy atom. The van der Waals surface area contributed by atoms with Crippen molar-refractivity contribution in [1.82, 2.24) is 9.97 Å². The second-order valence-electron chi connectivity index (χ2n) is 16.5. The maximum atomic E-state index is 5.32. The summed E-state index contributed by atoms with van der Waals surface area (Å²) in [5.41, 5.74) is 12.5. The van der Waals surface area contributed by atoms with Crippen molar-refractivity contribution in [3.05, 3.63) is 205 Å². The summed E-state index contributed by atoms with van der Waals surface area (Å²) in [6.45, 7) is 4.70. The van der Waals surface area contributed by atoms with E-state index < -0.39 is 0 Å². The van der Waals surface area contributed by atoms with Gasteiger partial charge in [0.15, 0.2) is 5.82 Å². The molecule has 0 bridgehead atoms. The molecule has 0 amide bonds. The normalized spacial score (nSPS) is 13.1. The van der Waals surface area contributed by atoms with Gasteiger partial charge in [0.05, 0.1) is 11.4 Å². The molecule has 276 valence electrons. The van der Waals surface area contributed by atoms with Crippen molar-refractivity contribution in [2.45, 2.75) is 19.3 Å². The SMILES string of the molecule is CC1(C)c2cc3ccccc3cc2-c2c(-c3cc(-c4ccc(-c5cc6c7ccccc7c7ccccc7c6c6ccccc56)cc4)nc(-c4ccccc4)n3)cccc21. The second kappa shape index (κ2) is 12.8. The molecule has 0 saturated carbocycles. The first-order valence-electron chi connectivity index (χ1n) is 20.5. The number of fused-ring (bicyclic) bond motifs is 12. The van der Waals surface area contributed by atoms with Gasteiger partial charge < -0.3 is 0 Å². The molecule has 0 N–H and O–H groups in total. The lowest BCUT2D eigenvalue weighted by Gasteiger charge is -2.22. The van der Waals surface area contributed by atoms with E-state index in [-0.39, 0.29) is 5.41 Å². The predicted octanol–water partition coefficient (Wildman–Crippen LogP) is 15.2. The fraction of sp³-hybridized carbons (Fsp3) is 0.0526. The molecule has 2 heteroatoms. The Labute approximate surface area is 343 Å². The molecule has 2 nitrogen and oxygen atoms in total. The number of aromatic nitrogens is 2. The minimum absolute atomic E-state index is 0.148. The lowest BCUT2D eigenvalue weighted by molar-refractivity contribution is 0.661. The van der Waals surface area contributed by atoms with Gasteiger partial charge in [0.1, 0.15) is 0 Å². The zero-order valence-electron chi connectivity index (χ0n) is 32.9. The van der Waals surface area contributed by atoms with Gasteiger partial charge in [0, 0.05) is 22.1 Å². The Kier molecular flexibility index (Phi) is 7.31. The molecule has 0 unspecified atom stereocenters. The van der Waals surface area contributed by atoms with Crippen LogP contribution in [0.2, 0.25) is 0 Å². The minimum Gasteiger partial charge on any atom is -0.228 e. The van der Waals surface area contributed by atoms with Gasteiger partial charge >= 0.3 is 0 Å². The molecule has 1 aliphatic rings. The first kappa shape index (κ1) is 33.7. The van der Waals surface area contributed by atoms with Gasteiger partial charge in [0.25, 0.3) is 0 Å². The van der Waals surface area contributed by atoms with Crippen LogP contribution in [0.4, 0.5) is 0 Å². The first-order chi connectivity index (χ1) is 29.0. The highest BCUT2D eigenvalue weighted by molar-refractivity contribution is 6.33. The van der Waals surface area contributed by atoms with Crippen LogP contribution in [0.3, 0.4) is 0 Å². The van der Waals surface area contributed by atoms with Crippen LogP contribution in [0.25, 0.3) is 110 Å². The number of nitrogens with zero attached hydrogens (tertiary/aromatic N) is 2. The second-order valence-corrected chi connectivity index (χ2v) is 16.5. The lowest BCUT2D eigenvalue weighted by atomic mass is 9.81. The van der Waals surface area contributed by atoms with Crippen LogP contribution in [0.1, 0.15) is 25.0 Å². The Balaban J connectivity index is 1.04. The summed E-state index contributed by atoms with van der Waals surface area (Å²) in [5, 5.41) is 12.8. The van der Waals surface area contributed by atoms with E-state index in [0.717, 1.165) is 33.9 Å². The predicted molar refractivity (Wildman–Crippen MR) is 249 cm³/mol. The minimum atomic E-state index is -0.148. The third kappa shape index (κ3) is 5.13. The van der Waals surface area contributed by atoms with Crippen LogP contribution in [0.5, 0.6) is 0 Å². The zero-order chi connectivity index (χ0) is 39.2. The van der Waals surface area contributed by atoms with Crippen LogP contribution in [-0.4, -0.2) is 9.97 Å². The first-order valence-corrected chi connectivity index (χ1v) is 20.5. The van der Waals surface area contributed by atoms with E-state index in [0.29, 0.717) is 0 Å². The third-order valence-electron chi connectivity index (χ3n) is 12.8. The van der Waals surface area contributed by atoms with Crippen LogP contribution in [0, 0.1) is 0 Å². The Morgan fingerprint density at radius 1 is 0.339 bits per heavy atom. The van der Waals surface area contributed by atoms with Crippen molar-refractivity contribution in [2.75, 3.05) is 0 Å². The van der Waals surface area contributed by atoms with E-state index in [2.05, 4.69) is 202 Å². The molecular formula is C57H38N2. The summed E-state index contributed by atoms with van der Waals surface area (Å²) in [4.78, 5) is 10.6. The molecule has 0 aliphatic heterocycles. The molecule has 59 heavy (non-hydrogen) atoms. The van der Waals surface area contributed by atoms with Crippen LogP contribution < -0.4 is 0 Å². The summed E-state index contributed by atoms with van der Waals surface area (Å²) in [7, 11) is 0. The molecule has 1 heterocycles. The lowest BCUT2D eigenvalue weighted by Crippen LogP contribution is -2.14. The van der Waals surface area contributed by atoms with E-state index in [4.69, 9.17) is 9.97 Å². The van der Waals surface area contributed by atoms with Gasteiger partial charge in [0.2, 0.25) is 0 Å². The Morgan fingerprint density at radius 2 is 0.898 bits per heavy atom. The van der Waals surface area contributed by atoms with Crippen molar-refractivity contribution < 1.29 is 0 Å². The van der Waals surface area contributed by atoms with Gasteiger partial charge in [-0.05, 0) is 112 Å². The van der Waals surface area contributed by atoms with Crippen molar-refractivity contribution in [3.8, 4) is 56.2 Å². The molecule has 0 saturated heterocycles. The van der Waals surface area contributed by atoms with E-state index in [1.54, 1.807) is 0 Å². The van der Waals surface area contributed by atoms with Gasteiger partial charge in [-0.2, -0.15) is 0 Å². The van der Waals surface area contributed by atoms with Gasteiger partial charge in [-0.3, -0.25) is 0 Å². The average molecular weight is 751 g/mol. The van der Waals surface area contributed by atoms with Gasteiger partial charge in [-0.1, -0.05) is 184 Å². The zero-order valence-corrected chi connectivity index (χ0v) is 32.9.